The molecule has 0 radical (unpaired) electrons. The molecule has 0 amide bonds. The number of ether oxygens (including phenoxy) is 1. The molecule has 0 spiro atoms. The molecule has 1 N–H and O–H groups in total. The van der Waals surface area contributed by atoms with Gasteiger partial charge in [-0.15, -0.1) is 28.2 Å². The highest BCUT2D eigenvalue weighted by molar-refractivity contribution is 5.97. The standard InChI is InChI=1S/C21H16F3N5O2/c1-14(30)19-20(25-17-6-2-3-7-18(17)28-12-4-5-13-28)27-29(26-19)15-8-10-16(11-9-15)31-21(22,23)24/h2-13H,1H3,(H,25,27). The van der Waals surface area contributed by atoms with Gasteiger partial charge >= 0.3 is 6.36 Å². The molecule has 2 aromatic carbocycles. The molecule has 31 heavy (non-hydrogen) atoms. The monoisotopic (exact) mass is 427 g/mol. The molecule has 7 nitrogen and oxygen atoms in total. The molecule has 4 aromatic rings. The van der Waals surface area contributed by atoms with Crippen molar-refractivity contribution < 1.29 is 22.7 Å². The van der Waals surface area contributed by atoms with Crippen molar-refractivity contribution in [2.24, 2.45) is 0 Å². The second-order valence-electron chi connectivity index (χ2n) is 6.52. The molecule has 2 heterocycles. The van der Waals surface area contributed by atoms with Gasteiger partial charge < -0.3 is 14.6 Å². The molecular weight excluding hydrogens is 411 g/mol. The number of anilines is 2. The molecule has 0 saturated carbocycles. The number of alkyl halides is 3. The van der Waals surface area contributed by atoms with Gasteiger partial charge in [0.25, 0.3) is 0 Å². The van der Waals surface area contributed by atoms with Crippen LogP contribution in [0.25, 0.3) is 11.4 Å². The van der Waals surface area contributed by atoms with Crippen LogP contribution in [0.4, 0.5) is 24.7 Å². The Labute approximate surface area is 174 Å². The molecule has 0 bridgehead atoms. The molecule has 0 aliphatic rings. The fraction of sp³-hybridized carbons (Fsp3) is 0.0952. The minimum Gasteiger partial charge on any atom is -0.406 e. The van der Waals surface area contributed by atoms with Crippen molar-refractivity contribution in [2.75, 3.05) is 5.32 Å². The smallest absolute Gasteiger partial charge is 0.406 e. The molecule has 4 rings (SSSR count). The van der Waals surface area contributed by atoms with E-state index in [-0.39, 0.29) is 23.0 Å². The third kappa shape index (κ3) is 4.58. The van der Waals surface area contributed by atoms with Gasteiger partial charge in [0, 0.05) is 19.3 Å². The lowest BCUT2D eigenvalue weighted by molar-refractivity contribution is -0.274. The normalized spacial score (nSPS) is 11.4. The molecule has 0 atom stereocenters. The Morgan fingerprint density at radius 3 is 2.29 bits per heavy atom. The zero-order valence-electron chi connectivity index (χ0n) is 16.2. The Morgan fingerprint density at radius 1 is 0.968 bits per heavy atom. The van der Waals surface area contributed by atoms with Gasteiger partial charge in [0.1, 0.15) is 5.75 Å². The fourth-order valence-corrected chi connectivity index (χ4v) is 2.95. The van der Waals surface area contributed by atoms with Crippen LogP contribution in [-0.2, 0) is 0 Å². The summed E-state index contributed by atoms with van der Waals surface area (Å²) in [7, 11) is 0. The zero-order valence-corrected chi connectivity index (χ0v) is 16.2. The van der Waals surface area contributed by atoms with E-state index in [1.165, 1.54) is 23.9 Å². The van der Waals surface area contributed by atoms with Crippen LogP contribution in [0.2, 0.25) is 0 Å². The number of halogens is 3. The maximum absolute atomic E-state index is 12.4. The summed E-state index contributed by atoms with van der Waals surface area (Å²) in [6.45, 7) is 1.36. The van der Waals surface area contributed by atoms with Crippen molar-refractivity contribution in [1.29, 1.82) is 0 Å². The summed E-state index contributed by atoms with van der Waals surface area (Å²) in [4.78, 5) is 13.3. The van der Waals surface area contributed by atoms with Crippen LogP contribution in [0.5, 0.6) is 5.75 Å². The maximum Gasteiger partial charge on any atom is 0.573 e. The van der Waals surface area contributed by atoms with E-state index >= 15 is 0 Å². The molecule has 0 unspecified atom stereocenters. The number of rotatable bonds is 6. The number of carbonyl (C=O) groups is 1. The summed E-state index contributed by atoms with van der Waals surface area (Å²) in [6.07, 6.45) is -1.01. The third-order valence-electron chi connectivity index (χ3n) is 4.29. The lowest BCUT2D eigenvalue weighted by Gasteiger charge is -2.11. The summed E-state index contributed by atoms with van der Waals surface area (Å²) in [5, 5.41) is 11.7. The van der Waals surface area contributed by atoms with E-state index in [1.54, 1.807) is 0 Å². The number of hydrogen-bond acceptors (Lipinski definition) is 5. The largest absolute Gasteiger partial charge is 0.573 e. The summed E-state index contributed by atoms with van der Waals surface area (Å²) in [5.41, 5.74) is 1.99. The number of carbonyl (C=O) groups excluding carboxylic acids is 1. The van der Waals surface area contributed by atoms with Crippen molar-refractivity contribution in [1.82, 2.24) is 19.6 Å². The zero-order chi connectivity index (χ0) is 22.0. The van der Waals surface area contributed by atoms with Crippen LogP contribution >= 0.6 is 0 Å². The van der Waals surface area contributed by atoms with Gasteiger partial charge in [-0.25, -0.2) is 0 Å². The predicted molar refractivity (Wildman–Crippen MR) is 107 cm³/mol. The van der Waals surface area contributed by atoms with Crippen LogP contribution in [0.3, 0.4) is 0 Å². The van der Waals surface area contributed by atoms with E-state index in [2.05, 4.69) is 20.3 Å². The Balaban J connectivity index is 1.66. The Kier molecular flexibility index (Phi) is 5.20. The molecule has 0 saturated heterocycles. The first-order chi connectivity index (χ1) is 14.8. The van der Waals surface area contributed by atoms with Crippen LogP contribution in [0.1, 0.15) is 17.4 Å². The van der Waals surface area contributed by atoms with E-state index < -0.39 is 6.36 Å². The number of para-hydroxylation sites is 2. The van der Waals surface area contributed by atoms with E-state index in [1.807, 2.05) is 53.4 Å². The first-order valence-electron chi connectivity index (χ1n) is 9.14. The fourth-order valence-electron chi connectivity index (χ4n) is 2.95. The SMILES string of the molecule is CC(=O)c1nn(-c2ccc(OC(F)(F)F)cc2)nc1Nc1ccccc1-n1cccc1. The van der Waals surface area contributed by atoms with E-state index in [9.17, 15) is 18.0 Å². The van der Waals surface area contributed by atoms with Gasteiger partial charge in [0.2, 0.25) is 0 Å². The van der Waals surface area contributed by atoms with Crippen LogP contribution in [0.15, 0.2) is 73.1 Å². The van der Waals surface area contributed by atoms with Gasteiger partial charge in [-0.2, -0.15) is 0 Å². The number of nitrogens with one attached hydrogen (secondary N) is 1. The molecule has 0 aliphatic heterocycles. The highest BCUT2D eigenvalue weighted by Crippen LogP contribution is 2.27. The number of ketones is 1. The second kappa shape index (κ2) is 7.98. The average Bonchev–Trinajstić information content (AvgIpc) is 3.38. The third-order valence-corrected chi connectivity index (χ3v) is 4.29. The van der Waals surface area contributed by atoms with Crippen LogP contribution in [-0.4, -0.2) is 31.7 Å². The number of nitrogens with zero attached hydrogens (tertiary/aromatic N) is 4. The first-order valence-corrected chi connectivity index (χ1v) is 9.14. The number of Topliss-reactive ketones (excluding diaryl/α,β-unsaturated/α-hetero) is 1. The summed E-state index contributed by atoms with van der Waals surface area (Å²) in [5.74, 6) is -0.457. The second-order valence-corrected chi connectivity index (χ2v) is 6.52. The van der Waals surface area contributed by atoms with Gasteiger partial charge in [-0.1, -0.05) is 12.1 Å². The Morgan fingerprint density at radius 2 is 1.65 bits per heavy atom. The maximum atomic E-state index is 12.4. The number of benzene rings is 2. The highest BCUT2D eigenvalue weighted by atomic mass is 19.4. The first kappa shape index (κ1) is 20.2. The Bertz CT molecular complexity index is 1200. The van der Waals surface area contributed by atoms with E-state index in [0.717, 1.165) is 17.8 Å². The van der Waals surface area contributed by atoms with E-state index in [4.69, 9.17) is 0 Å². The number of hydrogen-bond donors (Lipinski definition) is 1. The minimum atomic E-state index is -4.78. The van der Waals surface area contributed by atoms with Gasteiger partial charge in [-0.05, 0) is 48.5 Å². The summed E-state index contributed by atoms with van der Waals surface area (Å²) < 4.78 is 42.8. The molecule has 2 aromatic heterocycles. The van der Waals surface area contributed by atoms with Crippen LogP contribution in [0, 0.1) is 0 Å². The van der Waals surface area contributed by atoms with Crippen molar-refractivity contribution in [2.45, 2.75) is 13.3 Å². The highest BCUT2D eigenvalue weighted by Gasteiger charge is 2.31. The molecule has 158 valence electrons. The molecule has 0 fully saturated rings. The van der Waals surface area contributed by atoms with Gasteiger partial charge in [-0.3, -0.25) is 4.79 Å². The predicted octanol–water partition coefficient (Wildman–Crippen LogP) is 4.90. The number of aromatic nitrogens is 4. The molecular formula is C21H16F3N5O2. The topological polar surface area (TPSA) is 74.0 Å². The van der Waals surface area contributed by atoms with Crippen molar-refractivity contribution >= 4 is 17.3 Å². The summed E-state index contributed by atoms with van der Waals surface area (Å²) >= 11 is 0. The molecule has 10 heteroatoms. The molecule has 0 aliphatic carbocycles. The average molecular weight is 427 g/mol. The lowest BCUT2D eigenvalue weighted by atomic mass is 10.2. The van der Waals surface area contributed by atoms with Gasteiger partial charge in [0.15, 0.2) is 17.3 Å². The van der Waals surface area contributed by atoms with Crippen molar-refractivity contribution in [3.63, 3.8) is 0 Å². The Hall–Kier alpha value is -4.08. The lowest BCUT2D eigenvalue weighted by Crippen LogP contribution is -2.17. The van der Waals surface area contributed by atoms with Gasteiger partial charge in [0.05, 0.1) is 17.1 Å². The quantitative estimate of drug-likeness (QED) is 0.443. The van der Waals surface area contributed by atoms with Crippen molar-refractivity contribution in [3.05, 3.63) is 78.8 Å². The summed E-state index contributed by atoms with van der Waals surface area (Å²) in [6, 6.07) is 16.3. The minimum absolute atomic E-state index is 0.0953. The van der Waals surface area contributed by atoms with E-state index in [0.29, 0.717) is 11.4 Å². The van der Waals surface area contributed by atoms with Crippen LogP contribution < -0.4 is 10.1 Å². The van der Waals surface area contributed by atoms with Crippen molar-refractivity contribution in [3.8, 4) is 17.1 Å².